The minimum absolute atomic E-state index is 0.0448. The Balaban J connectivity index is 1.50. The summed E-state index contributed by atoms with van der Waals surface area (Å²) in [4.78, 5) is 30.2. The Hall–Kier alpha value is -3.80. The van der Waals surface area contributed by atoms with Gasteiger partial charge in [-0.05, 0) is 94.0 Å². The third-order valence-corrected chi connectivity index (χ3v) is 7.37. The van der Waals surface area contributed by atoms with E-state index in [2.05, 4.69) is 48.3 Å². The quantitative estimate of drug-likeness (QED) is 0.338. The first-order chi connectivity index (χ1) is 17.4. The summed E-state index contributed by atoms with van der Waals surface area (Å²) in [6.07, 6.45) is 4.60. The van der Waals surface area contributed by atoms with Crippen LogP contribution < -0.4 is 5.56 Å². The molecule has 0 radical (unpaired) electrons. The zero-order valence-corrected chi connectivity index (χ0v) is 22.8. The lowest BCUT2D eigenvalue weighted by atomic mass is 9.94. The Bertz CT molecular complexity index is 1650. The van der Waals surface area contributed by atoms with E-state index in [0.717, 1.165) is 39.7 Å². The van der Waals surface area contributed by atoms with Crippen LogP contribution in [0.3, 0.4) is 0 Å². The van der Waals surface area contributed by atoms with Crippen molar-refractivity contribution in [3.05, 3.63) is 75.2 Å². The topological polar surface area (TPSA) is 67.3 Å². The number of hydrogen-bond donors (Lipinski definition) is 1. The Morgan fingerprint density at radius 3 is 2.43 bits per heavy atom. The lowest BCUT2D eigenvalue weighted by Crippen LogP contribution is -2.39. The van der Waals surface area contributed by atoms with Gasteiger partial charge < -0.3 is 19.2 Å². The van der Waals surface area contributed by atoms with Gasteiger partial charge in [0, 0.05) is 59.3 Å². The molecule has 0 spiro atoms. The number of fused-ring (bicyclic) bond motifs is 3. The monoisotopic (exact) mass is 497 g/mol. The summed E-state index contributed by atoms with van der Waals surface area (Å²) in [5.41, 5.74) is 9.34. The number of ether oxygens (including phenoxy) is 1. The summed E-state index contributed by atoms with van der Waals surface area (Å²) in [6.45, 7) is 12.9. The molecular formula is C31H35N3O3. The molecule has 0 aliphatic carbocycles. The molecule has 1 aliphatic rings. The summed E-state index contributed by atoms with van der Waals surface area (Å²) < 4.78 is 7.19. The summed E-state index contributed by atoms with van der Waals surface area (Å²) in [6, 6.07) is 11.0. The number of nitrogens with zero attached hydrogens (tertiary/aromatic N) is 2. The second-order valence-corrected chi connectivity index (χ2v) is 11.2. The van der Waals surface area contributed by atoms with Crippen LogP contribution in [0.4, 0.5) is 4.79 Å². The van der Waals surface area contributed by atoms with Gasteiger partial charge in [0.2, 0.25) is 0 Å². The molecule has 0 atom stereocenters. The molecule has 4 aromatic rings. The Kier molecular flexibility index (Phi) is 6.01. The Morgan fingerprint density at radius 1 is 1.00 bits per heavy atom. The van der Waals surface area contributed by atoms with Gasteiger partial charge in [0.25, 0.3) is 5.56 Å². The van der Waals surface area contributed by atoms with Gasteiger partial charge in [0.15, 0.2) is 0 Å². The predicted molar refractivity (Wildman–Crippen MR) is 151 cm³/mol. The molecule has 2 aromatic heterocycles. The standard InChI is InChI=1S/C31H35N3O3/c1-18-14-23(25-17-33(7)29(35)20(3)19(25)2)16-27-28(18)24-15-22(8-9-26(24)32-27)21-10-12-34(13-11-21)30(36)37-31(4,5)6/h8-10,14-17,32H,11-13H2,1-7H3. The van der Waals surface area contributed by atoms with Crippen LogP contribution in [0.25, 0.3) is 38.5 Å². The van der Waals surface area contributed by atoms with E-state index in [4.69, 9.17) is 4.74 Å². The minimum atomic E-state index is -0.492. The van der Waals surface area contributed by atoms with Gasteiger partial charge in [-0.15, -0.1) is 0 Å². The molecule has 3 heterocycles. The zero-order valence-electron chi connectivity index (χ0n) is 22.8. The minimum Gasteiger partial charge on any atom is -0.444 e. The van der Waals surface area contributed by atoms with E-state index in [1.165, 1.54) is 27.5 Å². The summed E-state index contributed by atoms with van der Waals surface area (Å²) >= 11 is 0. The van der Waals surface area contributed by atoms with Crippen molar-refractivity contribution < 1.29 is 9.53 Å². The second-order valence-electron chi connectivity index (χ2n) is 11.2. The van der Waals surface area contributed by atoms with E-state index < -0.39 is 5.60 Å². The van der Waals surface area contributed by atoms with Crippen LogP contribution in [0.2, 0.25) is 0 Å². The van der Waals surface area contributed by atoms with E-state index in [0.29, 0.717) is 13.1 Å². The van der Waals surface area contributed by atoms with Crippen LogP contribution in [0.1, 0.15) is 49.4 Å². The van der Waals surface area contributed by atoms with Gasteiger partial charge in [-0.3, -0.25) is 4.79 Å². The van der Waals surface area contributed by atoms with E-state index >= 15 is 0 Å². The average molecular weight is 498 g/mol. The first kappa shape index (κ1) is 24.9. The van der Waals surface area contributed by atoms with Crippen LogP contribution in [0, 0.1) is 20.8 Å². The van der Waals surface area contributed by atoms with E-state index in [-0.39, 0.29) is 11.7 Å². The molecular weight excluding hydrogens is 462 g/mol. The molecule has 37 heavy (non-hydrogen) atoms. The number of carbonyl (C=O) groups is 1. The molecule has 2 aromatic carbocycles. The van der Waals surface area contributed by atoms with Crippen LogP contribution in [-0.2, 0) is 11.8 Å². The largest absolute Gasteiger partial charge is 0.444 e. The number of H-pyrrole nitrogens is 1. The smallest absolute Gasteiger partial charge is 0.410 e. The number of benzene rings is 2. The highest BCUT2D eigenvalue weighted by Crippen LogP contribution is 2.36. The summed E-state index contributed by atoms with van der Waals surface area (Å²) in [5.74, 6) is 0. The fourth-order valence-corrected chi connectivity index (χ4v) is 5.29. The Labute approximate surface area is 217 Å². The maximum atomic E-state index is 12.4. The van der Waals surface area contributed by atoms with Crippen molar-refractivity contribution in [3.8, 4) is 11.1 Å². The van der Waals surface area contributed by atoms with Gasteiger partial charge in [0.05, 0.1) is 0 Å². The van der Waals surface area contributed by atoms with Gasteiger partial charge in [-0.2, -0.15) is 0 Å². The molecule has 0 fully saturated rings. The maximum absolute atomic E-state index is 12.4. The van der Waals surface area contributed by atoms with E-state index in [1.807, 2.05) is 40.8 Å². The lowest BCUT2D eigenvalue weighted by Gasteiger charge is -2.29. The van der Waals surface area contributed by atoms with Crippen molar-refractivity contribution in [1.82, 2.24) is 14.5 Å². The average Bonchev–Trinajstić information content (AvgIpc) is 3.22. The second kappa shape index (κ2) is 8.94. The number of nitrogens with one attached hydrogen (secondary N) is 1. The SMILES string of the molecule is Cc1c(-c2cc(C)c3c(c2)[nH]c2ccc(C4=CCN(C(=O)OC(C)(C)C)CC4)cc23)cn(C)c(=O)c1C. The summed E-state index contributed by atoms with van der Waals surface area (Å²) in [7, 11) is 1.81. The van der Waals surface area contributed by atoms with Gasteiger partial charge >= 0.3 is 6.09 Å². The third-order valence-electron chi connectivity index (χ3n) is 7.37. The van der Waals surface area contributed by atoms with Crippen molar-refractivity contribution >= 4 is 33.5 Å². The molecule has 1 amide bonds. The number of rotatable bonds is 2. The van der Waals surface area contributed by atoms with E-state index in [1.54, 1.807) is 16.5 Å². The van der Waals surface area contributed by atoms with Crippen LogP contribution in [0.15, 0.2) is 47.4 Å². The van der Waals surface area contributed by atoms with Gasteiger partial charge in [0.1, 0.15) is 5.60 Å². The molecule has 0 unspecified atom stereocenters. The molecule has 1 N–H and O–H groups in total. The molecule has 1 aliphatic heterocycles. The lowest BCUT2D eigenvalue weighted by molar-refractivity contribution is 0.0270. The molecule has 6 nitrogen and oxygen atoms in total. The molecule has 0 bridgehead atoms. The number of hydrogen-bond acceptors (Lipinski definition) is 3. The zero-order chi connectivity index (χ0) is 26.6. The van der Waals surface area contributed by atoms with Gasteiger partial charge in [-0.25, -0.2) is 4.79 Å². The van der Waals surface area contributed by atoms with Crippen molar-refractivity contribution in [3.63, 3.8) is 0 Å². The van der Waals surface area contributed by atoms with Crippen molar-refractivity contribution in [1.29, 1.82) is 0 Å². The van der Waals surface area contributed by atoms with Crippen LogP contribution in [-0.4, -0.2) is 39.2 Å². The number of pyridine rings is 1. The highest BCUT2D eigenvalue weighted by molar-refractivity contribution is 6.10. The first-order valence-electron chi connectivity index (χ1n) is 12.8. The number of aryl methyl sites for hydroxylation is 2. The molecule has 6 heteroatoms. The van der Waals surface area contributed by atoms with E-state index in [9.17, 15) is 9.59 Å². The van der Waals surface area contributed by atoms with Crippen LogP contribution >= 0.6 is 0 Å². The van der Waals surface area contributed by atoms with Crippen molar-refractivity contribution in [2.24, 2.45) is 7.05 Å². The fourth-order valence-electron chi connectivity index (χ4n) is 5.29. The van der Waals surface area contributed by atoms with Crippen molar-refractivity contribution in [2.45, 2.75) is 53.6 Å². The third kappa shape index (κ3) is 4.57. The molecule has 5 rings (SSSR count). The van der Waals surface area contributed by atoms with Crippen LogP contribution in [0.5, 0.6) is 0 Å². The molecule has 0 saturated heterocycles. The first-order valence-corrected chi connectivity index (χ1v) is 12.8. The molecule has 192 valence electrons. The fraction of sp³-hybridized carbons (Fsp3) is 0.355. The number of aromatic nitrogens is 2. The predicted octanol–water partition coefficient (Wildman–Crippen LogP) is 6.64. The highest BCUT2D eigenvalue weighted by atomic mass is 16.6. The summed E-state index contributed by atoms with van der Waals surface area (Å²) in [5, 5.41) is 2.41. The number of aromatic amines is 1. The van der Waals surface area contributed by atoms with Crippen molar-refractivity contribution in [2.75, 3.05) is 13.1 Å². The maximum Gasteiger partial charge on any atom is 0.410 e. The Morgan fingerprint density at radius 2 is 1.76 bits per heavy atom. The number of carbonyl (C=O) groups excluding carboxylic acids is 1. The normalized spacial score (nSPS) is 14.4. The number of amides is 1. The highest BCUT2D eigenvalue weighted by Gasteiger charge is 2.24. The molecule has 0 saturated carbocycles. The van der Waals surface area contributed by atoms with Gasteiger partial charge in [-0.1, -0.05) is 18.2 Å².